The van der Waals surface area contributed by atoms with E-state index in [9.17, 15) is 9.59 Å². The number of ether oxygens (including phenoxy) is 2. The number of hydrogen-bond acceptors (Lipinski definition) is 5. The lowest BCUT2D eigenvalue weighted by atomic mass is 9.99. The molecule has 186 valence electrons. The second-order valence-corrected chi connectivity index (χ2v) is 8.99. The minimum Gasteiger partial charge on any atom is -0.496 e. The van der Waals surface area contributed by atoms with Crippen LogP contribution in [-0.2, 0) is 0 Å². The van der Waals surface area contributed by atoms with Crippen LogP contribution in [0.25, 0.3) is 28.2 Å². The highest BCUT2D eigenvalue weighted by molar-refractivity contribution is 6.01. The normalized spacial score (nSPS) is 14.9. The van der Waals surface area contributed by atoms with E-state index in [1.165, 1.54) is 0 Å². The Bertz CT molecular complexity index is 1300. The van der Waals surface area contributed by atoms with Crippen molar-refractivity contribution in [2.75, 3.05) is 40.4 Å². The Hall–Kier alpha value is -3.52. The highest BCUT2D eigenvalue weighted by Gasteiger charge is 2.27. The van der Waals surface area contributed by atoms with E-state index in [1.54, 1.807) is 43.4 Å². The van der Waals surface area contributed by atoms with Gasteiger partial charge in [-0.05, 0) is 38.5 Å². The first kappa shape index (κ1) is 24.6. The molecule has 1 amide bonds. The van der Waals surface area contributed by atoms with Crippen molar-refractivity contribution >= 4 is 23.0 Å². The molecule has 4 rings (SSSR count). The van der Waals surface area contributed by atoms with E-state index in [0.717, 1.165) is 36.0 Å². The Balaban J connectivity index is 1.79. The number of fused-ring (bicyclic) bond motifs is 1. The summed E-state index contributed by atoms with van der Waals surface area (Å²) in [4.78, 5) is 33.7. The second-order valence-electron chi connectivity index (χ2n) is 8.99. The van der Waals surface area contributed by atoms with Gasteiger partial charge in [0.2, 0.25) is 0 Å². The summed E-state index contributed by atoms with van der Waals surface area (Å²) in [5.41, 5.74) is 2.40. The predicted octanol–water partition coefficient (Wildman–Crippen LogP) is 4.06. The molecule has 8 nitrogen and oxygen atoms in total. The van der Waals surface area contributed by atoms with E-state index in [-0.39, 0.29) is 11.5 Å². The smallest absolute Gasteiger partial charge is 0.278 e. The van der Waals surface area contributed by atoms with Crippen molar-refractivity contribution in [1.29, 1.82) is 0 Å². The number of allylic oxidation sites excluding steroid dienone is 1. The van der Waals surface area contributed by atoms with Crippen molar-refractivity contribution in [3.63, 3.8) is 0 Å². The van der Waals surface area contributed by atoms with Gasteiger partial charge in [-0.3, -0.25) is 19.1 Å². The summed E-state index contributed by atoms with van der Waals surface area (Å²) >= 11 is 0. The lowest BCUT2D eigenvalue weighted by Gasteiger charge is -2.37. The van der Waals surface area contributed by atoms with Crippen LogP contribution in [0, 0.1) is 0 Å². The molecule has 2 aromatic heterocycles. The number of piperazine rings is 1. The monoisotopic (exact) mass is 478 g/mol. The van der Waals surface area contributed by atoms with Gasteiger partial charge in [0.1, 0.15) is 17.0 Å². The van der Waals surface area contributed by atoms with Crippen LogP contribution in [0.3, 0.4) is 0 Å². The number of hydrogen-bond donors (Lipinski definition) is 1. The molecule has 0 bridgehead atoms. The number of methoxy groups -OCH3 is 2. The molecule has 0 aliphatic carbocycles. The molecule has 0 radical (unpaired) electrons. The van der Waals surface area contributed by atoms with Gasteiger partial charge in [0.25, 0.3) is 11.5 Å². The van der Waals surface area contributed by atoms with Gasteiger partial charge < -0.3 is 19.4 Å². The lowest BCUT2D eigenvalue weighted by Crippen LogP contribution is -2.50. The average molecular weight is 479 g/mol. The number of benzene rings is 1. The van der Waals surface area contributed by atoms with Crippen LogP contribution in [0.1, 0.15) is 37.6 Å². The van der Waals surface area contributed by atoms with Crippen molar-refractivity contribution in [3.05, 3.63) is 52.6 Å². The van der Waals surface area contributed by atoms with E-state index in [1.807, 2.05) is 30.0 Å². The summed E-state index contributed by atoms with van der Waals surface area (Å²) in [5, 5.41) is 0.778. The number of amides is 1. The van der Waals surface area contributed by atoms with Gasteiger partial charge in [-0.2, -0.15) is 0 Å². The van der Waals surface area contributed by atoms with Crippen molar-refractivity contribution < 1.29 is 14.3 Å². The molecule has 3 aromatic rings. The molecule has 3 heterocycles. The van der Waals surface area contributed by atoms with Crippen molar-refractivity contribution in [2.24, 2.45) is 0 Å². The largest absolute Gasteiger partial charge is 0.496 e. The molecule has 1 aromatic carbocycles. The van der Waals surface area contributed by atoms with Crippen molar-refractivity contribution in [3.8, 4) is 22.6 Å². The number of nitrogens with zero attached hydrogens (tertiary/aromatic N) is 3. The molecule has 0 unspecified atom stereocenters. The van der Waals surface area contributed by atoms with Gasteiger partial charge >= 0.3 is 0 Å². The van der Waals surface area contributed by atoms with Crippen LogP contribution in [0.2, 0.25) is 0 Å². The zero-order chi connectivity index (χ0) is 25.1. The zero-order valence-corrected chi connectivity index (χ0v) is 21.1. The first-order valence-corrected chi connectivity index (χ1v) is 12.1. The van der Waals surface area contributed by atoms with Crippen LogP contribution in [0.5, 0.6) is 11.5 Å². The maximum absolute atomic E-state index is 13.5. The fourth-order valence-corrected chi connectivity index (χ4v) is 4.60. The van der Waals surface area contributed by atoms with E-state index >= 15 is 0 Å². The maximum Gasteiger partial charge on any atom is 0.278 e. The van der Waals surface area contributed by atoms with E-state index in [0.29, 0.717) is 41.7 Å². The first-order valence-electron chi connectivity index (χ1n) is 12.1. The van der Waals surface area contributed by atoms with Crippen LogP contribution < -0.4 is 15.0 Å². The van der Waals surface area contributed by atoms with Gasteiger partial charge in [-0.15, -0.1) is 0 Å². The van der Waals surface area contributed by atoms with E-state index < -0.39 is 0 Å². The third-order valence-electron chi connectivity index (χ3n) is 6.63. The molecule has 8 heteroatoms. The molecule has 1 aliphatic rings. The van der Waals surface area contributed by atoms with E-state index in [2.05, 4.69) is 23.7 Å². The standard InChI is InChI=1S/C27H34N4O4/c1-6-7-10-31-17-22(19-8-9-28-25(19)27(31)33)20-15-24(35-5)21(16-23(20)34-4)26(32)30-13-11-29(12-14-30)18(2)3/h7-10,15-18,28H,6,11-14H2,1-5H3/b10-7+. The number of H-pyrrole nitrogens is 1. The van der Waals surface area contributed by atoms with Crippen LogP contribution in [0.4, 0.5) is 0 Å². The predicted molar refractivity (Wildman–Crippen MR) is 139 cm³/mol. The molecular formula is C27H34N4O4. The SMILES string of the molecule is CC/C=C/n1cc(-c2cc(OC)c(C(=O)N3CCN(C(C)C)CC3)cc2OC)c2cc[nH]c2c1=O. The maximum atomic E-state index is 13.5. The third-order valence-corrected chi connectivity index (χ3v) is 6.63. The van der Waals surface area contributed by atoms with Gasteiger partial charge in [0.15, 0.2) is 0 Å². The Kier molecular flexibility index (Phi) is 7.31. The molecule has 0 spiro atoms. The fourth-order valence-electron chi connectivity index (χ4n) is 4.60. The summed E-state index contributed by atoms with van der Waals surface area (Å²) < 4.78 is 13.0. The number of pyridine rings is 1. The van der Waals surface area contributed by atoms with Crippen LogP contribution >= 0.6 is 0 Å². The minimum atomic E-state index is -0.128. The Morgan fingerprint density at radius 2 is 1.80 bits per heavy atom. The molecule has 1 fully saturated rings. The Morgan fingerprint density at radius 3 is 2.43 bits per heavy atom. The minimum absolute atomic E-state index is 0.0715. The number of aromatic amines is 1. The third kappa shape index (κ3) is 4.71. The summed E-state index contributed by atoms with van der Waals surface area (Å²) in [6, 6.07) is 5.92. The topological polar surface area (TPSA) is 79.8 Å². The zero-order valence-electron chi connectivity index (χ0n) is 21.1. The number of rotatable bonds is 7. The van der Waals surface area contributed by atoms with Crippen molar-refractivity contribution in [2.45, 2.75) is 33.2 Å². The van der Waals surface area contributed by atoms with Gasteiger partial charge in [-0.1, -0.05) is 13.0 Å². The second kappa shape index (κ2) is 10.4. The number of carbonyl (C=O) groups excluding carboxylic acids is 1. The number of carbonyl (C=O) groups is 1. The molecule has 35 heavy (non-hydrogen) atoms. The van der Waals surface area contributed by atoms with Gasteiger partial charge in [0.05, 0.1) is 19.8 Å². The van der Waals surface area contributed by atoms with Crippen LogP contribution in [0.15, 0.2) is 41.5 Å². The first-order chi connectivity index (χ1) is 16.9. The molecular weight excluding hydrogens is 444 g/mol. The van der Waals surface area contributed by atoms with Crippen molar-refractivity contribution in [1.82, 2.24) is 19.4 Å². The Labute approximate surface area is 205 Å². The number of aromatic nitrogens is 2. The summed E-state index contributed by atoms with van der Waals surface area (Å²) in [6.45, 7) is 9.39. The summed E-state index contributed by atoms with van der Waals surface area (Å²) in [6.07, 6.45) is 8.06. The molecule has 1 saturated heterocycles. The highest BCUT2D eigenvalue weighted by Crippen LogP contribution is 2.39. The molecule has 1 aliphatic heterocycles. The molecule has 0 saturated carbocycles. The molecule has 1 N–H and O–H groups in total. The van der Waals surface area contributed by atoms with E-state index in [4.69, 9.17) is 9.47 Å². The van der Waals surface area contributed by atoms with Crippen LogP contribution in [-0.4, -0.2) is 71.7 Å². The summed E-state index contributed by atoms with van der Waals surface area (Å²) in [7, 11) is 3.15. The average Bonchev–Trinajstić information content (AvgIpc) is 3.38. The van der Waals surface area contributed by atoms with Gasteiger partial charge in [0, 0.05) is 67.3 Å². The quantitative estimate of drug-likeness (QED) is 0.554. The molecule has 0 atom stereocenters. The fraction of sp³-hybridized carbons (Fsp3) is 0.407. The Morgan fingerprint density at radius 1 is 1.09 bits per heavy atom. The van der Waals surface area contributed by atoms with Gasteiger partial charge in [-0.25, -0.2) is 0 Å². The number of nitrogens with one attached hydrogen (secondary N) is 1. The highest BCUT2D eigenvalue weighted by atomic mass is 16.5. The lowest BCUT2D eigenvalue weighted by molar-refractivity contribution is 0.0592. The summed E-state index contributed by atoms with van der Waals surface area (Å²) in [5.74, 6) is 0.947.